The van der Waals surface area contributed by atoms with Crippen molar-refractivity contribution in [2.24, 2.45) is 0 Å². The number of nitrogen functional groups attached to an aromatic ring is 1. The number of benzene rings is 1. The first-order chi connectivity index (χ1) is 10.1. The van der Waals surface area contributed by atoms with E-state index in [0.29, 0.717) is 5.95 Å². The molecule has 0 amide bonds. The fraction of sp³-hybridized carbons (Fsp3) is 0.0714. The molecule has 0 aliphatic carbocycles. The number of hydrogen-bond donors (Lipinski definition) is 3. The number of nitrogens with two attached hydrogens (primary N) is 1. The number of aromatic amines is 1. The fourth-order valence-electron chi connectivity index (χ4n) is 2.09. The number of nitrogens with zero attached hydrogens (tertiary/aromatic N) is 3. The average Bonchev–Trinajstić information content (AvgIpc) is 2.85. The molecule has 2 heterocycles. The van der Waals surface area contributed by atoms with Gasteiger partial charge in [0.15, 0.2) is 0 Å². The zero-order valence-electron chi connectivity index (χ0n) is 11.4. The highest BCUT2D eigenvalue weighted by molar-refractivity contribution is 5.59. The lowest BCUT2D eigenvalue weighted by Crippen LogP contribution is -2.16. The van der Waals surface area contributed by atoms with Crippen LogP contribution in [0.4, 0.5) is 17.6 Å². The highest BCUT2D eigenvalue weighted by Gasteiger charge is 2.05. The molecular formula is C14H14N6O. The molecule has 0 aliphatic rings. The second kappa shape index (κ2) is 5.12. The molecule has 0 bridgehead atoms. The minimum absolute atomic E-state index is 0.0666. The summed E-state index contributed by atoms with van der Waals surface area (Å²) in [5, 5.41) is 9.50. The molecule has 21 heavy (non-hydrogen) atoms. The summed E-state index contributed by atoms with van der Waals surface area (Å²) in [5.74, 6) is 0.651. The molecule has 0 unspecified atom stereocenters. The van der Waals surface area contributed by atoms with E-state index < -0.39 is 0 Å². The Balaban J connectivity index is 1.93. The Hall–Kier alpha value is -3.09. The van der Waals surface area contributed by atoms with Gasteiger partial charge in [0.05, 0.1) is 5.69 Å². The standard InChI is InChI=1S/C14H14N6O/c1-9-8-10(16-14-17-13(15)18-19-14)5-6-11(9)20-7-3-2-4-12(20)21/h2-8H,1H3,(H4,15,16,17,18,19). The average molecular weight is 282 g/mol. The zero-order valence-corrected chi connectivity index (χ0v) is 11.4. The quantitative estimate of drug-likeness (QED) is 0.677. The van der Waals surface area contributed by atoms with Gasteiger partial charge in [0.1, 0.15) is 0 Å². The van der Waals surface area contributed by atoms with Crippen molar-refractivity contribution in [3.8, 4) is 5.69 Å². The summed E-state index contributed by atoms with van der Waals surface area (Å²) in [7, 11) is 0. The van der Waals surface area contributed by atoms with Crippen molar-refractivity contribution in [3.05, 3.63) is 58.5 Å². The van der Waals surface area contributed by atoms with Gasteiger partial charge in [-0.1, -0.05) is 6.07 Å². The van der Waals surface area contributed by atoms with Crippen molar-refractivity contribution >= 4 is 17.6 Å². The number of pyridine rings is 1. The van der Waals surface area contributed by atoms with Crippen molar-refractivity contribution in [2.75, 3.05) is 11.1 Å². The van der Waals surface area contributed by atoms with Crippen LogP contribution in [0, 0.1) is 6.92 Å². The summed E-state index contributed by atoms with van der Waals surface area (Å²) in [6, 6.07) is 10.7. The molecule has 7 heteroatoms. The van der Waals surface area contributed by atoms with Crippen molar-refractivity contribution in [1.82, 2.24) is 19.7 Å². The van der Waals surface area contributed by atoms with Crippen LogP contribution in [-0.2, 0) is 0 Å². The Morgan fingerprint density at radius 2 is 2.14 bits per heavy atom. The number of aromatic nitrogens is 4. The second-order valence-corrected chi connectivity index (χ2v) is 4.58. The Morgan fingerprint density at radius 1 is 1.29 bits per heavy atom. The third kappa shape index (κ3) is 2.62. The Morgan fingerprint density at radius 3 is 2.81 bits per heavy atom. The lowest BCUT2D eigenvalue weighted by Gasteiger charge is -2.10. The van der Waals surface area contributed by atoms with Gasteiger partial charge in [-0.3, -0.25) is 9.36 Å². The highest BCUT2D eigenvalue weighted by atomic mass is 16.1. The van der Waals surface area contributed by atoms with Crippen LogP contribution >= 0.6 is 0 Å². The van der Waals surface area contributed by atoms with E-state index in [-0.39, 0.29) is 11.5 Å². The van der Waals surface area contributed by atoms with Crippen LogP contribution in [-0.4, -0.2) is 19.7 Å². The summed E-state index contributed by atoms with van der Waals surface area (Å²) in [6.07, 6.45) is 1.74. The van der Waals surface area contributed by atoms with E-state index in [9.17, 15) is 4.79 Å². The van der Waals surface area contributed by atoms with Gasteiger partial charge in [0.25, 0.3) is 5.56 Å². The second-order valence-electron chi connectivity index (χ2n) is 4.58. The van der Waals surface area contributed by atoms with E-state index in [1.54, 1.807) is 16.8 Å². The molecule has 2 aromatic heterocycles. The number of rotatable bonds is 3. The SMILES string of the molecule is Cc1cc(Nc2n[nH]c(N)n2)ccc1-n1ccccc1=O. The molecule has 0 spiro atoms. The molecule has 0 atom stereocenters. The van der Waals surface area contributed by atoms with Crippen LogP contribution < -0.4 is 16.6 Å². The van der Waals surface area contributed by atoms with E-state index in [1.165, 1.54) is 6.07 Å². The van der Waals surface area contributed by atoms with Crippen molar-refractivity contribution in [1.29, 1.82) is 0 Å². The number of H-pyrrole nitrogens is 1. The minimum atomic E-state index is -0.0666. The molecule has 3 aromatic rings. The highest BCUT2D eigenvalue weighted by Crippen LogP contribution is 2.20. The summed E-state index contributed by atoms with van der Waals surface area (Å²) in [6.45, 7) is 1.94. The summed E-state index contributed by atoms with van der Waals surface area (Å²) < 4.78 is 1.60. The number of aryl methyl sites for hydroxylation is 1. The smallest absolute Gasteiger partial charge is 0.255 e. The summed E-state index contributed by atoms with van der Waals surface area (Å²) in [5.41, 5.74) is 8.01. The number of hydrogen-bond acceptors (Lipinski definition) is 5. The maximum absolute atomic E-state index is 11.9. The molecule has 4 N–H and O–H groups in total. The first-order valence-electron chi connectivity index (χ1n) is 6.37. The molecule has 106 valence electrons. The van der Waals surface area contributed by atoms with E-state index in [2.05, 4.69) is 20.5 Å². The topological polar surface area (TPSA) is 102 Å². The van der Waals surface area contributed by atoms with Gasteiger partial charge < -0.3 is 11.1 Å². The third-order valence-corrected chi connectivity index (χ3v) is 3.04. The molecule has 7 nitrogen and oxygen atoms in total. The zero-order chi connectivity index (χ0) is 14.8. The van der Waals surface area contributed by atoms with Crippen molar-refractivity contribution < 1.29 is 0 Å². The molecule has 0 saturated heterocycles. The van der Waals surface area contributed by atoms with Crippen LogP contribution in [0.5, 0.6) is 0 Å². The number of nitrogens with one attached hydrogen (secondary N) is 2. The first kappa shape index (κ1) is 12.9. The molecular weight excluding hydrogens is 268 g/mol. The van der Waals surface area contributed by atoms with Gasteiger partial charge >= 0.3 is 0 Å². The van der Waals surface area contributed by atoms with Crippen LogP contribution in [0.3, 0.4) is 0 Å². The maximum atomic E-state index is 11.9. The lowest BCUT2D eigenvalue weighted by molar-refractivity contribution is 0.978. The predicted octanol–water partition coefficient (Wildman–Crippen LogP) is 1.59. The van der Waals surface area contributed by atoms with Crippen LogP contribution in [0.1, 0.15) is 5.56 Å². The Labute approximate surface area is 120 Å². The van der Waals surface area contributed by atoms with Gasteiger partial charge in [0.2, 0.25) is 11.9 Å². The van der Waals surface area contributed by atoms with Gasteiger partial charge in [-0.15, -0.1) is 5.10 Å². The molecule has 0 radical (unpaired) electrons. The lowest BCUT2D eigenvalue weighted by atomic mass is 10.1. The van der Waals surface area contributed by atoms with Crippen LogP contribution in [0.15, 0.2) is 47.4 Å². The monoisotopic (exact) mass is 282 g/mol. The van der Waals surface area contributed by atoms with Gasteiger partial charge in [-0.05, 0) is 36.8 Å². The molecule has 0 fully saturated rings. The normalized spacial score (nSPS) is 10.5. The van der Waals surface area contributed by atoms with Crippen LogP contribution in [0.25, 0.3) is 5.69 Å². The minimum Gasteiger partial charge on any atom is -0.368 e. The van der Waals surface area contributed by atoms with Crippen LogP contribution in [0.2, 0.25) is 0 Å². The van der Waals surface area contributed by atoms with Gasteiger partial charge in [-0.2, -0.15) is 4.98 Å². The molecule has 0 aliphatic heterocycles. The summed E-state index contributed by atoms with van der Waals surface area (Å²) in [4.78, 5) is 15.8. The van der Waals surface area contributed by atoms with Crippen molar-refractivity contribution in [3.63, 3.8) is 0 Å². The first-order valence-corrected chi connectivity index (χ1v) is 6.37. The third-order valence-electron chi connectivity index (χ3n) is 3.04. The van der Waals surface area contributed by atoms with Gasteiger partial charge in [0, 0.05) is 18.0 Å². The van der Waals surface area contributed by atoms with Crippen molar-refractivity contribution in [2.45, 2.75) is 6.92 Å². The molecule has 3 rings (SSSR count). The van der Waals surface area contributed by atoms with E-state index in [1.807, 2.05) is 31.2 Å². The van der Waals surface area contributed by atoms with E-state index in [0.717, 1.165) is 16.9 Å². The maximum Gasteiger partial charge on any atom is 0.255 e. The van der Waals surface area contributed by atoms with Gasteiger partial charge in [-0.25, -0.2) is 5.10 Å². The largest absolute Gasteiger partial charge is 0.368 e. The number of anilines is 3. The predicted molar refractivity (Wildman–Crippen MR) is 80.9 cm³/mol. The van der Waals surface area contributed by atoms with E-state index in [4.69, 9.17) is 5.73 Å². The Kier molecular flexibility index (Phi) is 3.15. The molecule has 0 saturated carbocycles. The summed E-state index contributed by atoms with van der Waals surface area (Å²) >= 11 is 0. The van der Waals surface area contributed by atoms with E-state index >= 15 is 0 Å². The Bertz CT molecular complexity index is 835. The fourth-order valence-corrected chi connectivity index (χ4v) is 2.09. The molecule has 1 aromatic carbocycles.